The predicted molar refractivity (Wildman–Crippen MR) is 124 cm³/mol. The minimum Gasteiger partial charge on any atom is -0.388 e. The first-order valence-corrected chi connectivity index (χ1v) is 11.5. The third-order valence-electron chi connectivity index (χ3n) is 6.65. The number of nitrogens with one attached hydrogen (secondary N) is 2. The lowest BCUT2D eigenvalue weighted by Crippen LogP contribution is -2.49. The van der Waals surface area contributed by atoms with E-state index in [0.717, 1.165) is 25.1 Å². The molecule has 1 aromatic heterocycles. The van der Waals surface area contributed by atoms with Gasteiger partial charge < -0.3 is 20.6 Å². The number of hydrogen-bond acceptors (Lipinski definition) is 6. The Bertz CT molecular complexity index is 963. The number of carbonyl (C=O) groups excluding carboxylic acids is 1. The van der Waals surface area contributed by atoms with Crippen LogP contribution in [0.3, 0.4) is 0 Å². The Morgan fingerprint density at radius 1 is 1.31 bits per heavy atom. The zero-order chi connectivity index (χ0) is 22.6. The molecular weight excluding hydrogens is 406 g/mol. The summed E-state index contributed by atoms with van der Waals surface area (Å²) in [5.74, 6) is 0.834. The smallest absolute Gasteiger partial charge is 0.255 e. The molecule has 0 spiro atoms. The van der Waals surface area contributed by atoms with Crippen molar-refractivity contribution in [2.24, 2.45) is 0 Å². The Morgan fingerprint density at radius 3 is 2.72 bits per heavy atom. The van der Waals surface area contributed by atoms with Gasteiger partial charge in [-0.15, -0.1) is 0 Å². The first-order valence-electron chi connectivity index (χ1n) is 11.5. The molecule has 0 saturated carbocycles. The summed E-state index contributed by atoms with van der Waals surface area (Å²) in [6, 6.07) is 11.8. The van der Waals surface area contributed by atoms with Crippen molar-refractivity contribution in [1.82, 2.24) is 19.8 Å². The van der Waals surface area contributed by atoms with Crippen molar-refractivity contribution < 1.29 is 9.90 Å². The second kappa shape index (κ2) is 9.83. The molecule has 2 aliphatic heterocycles. The molecule has 3 N–H and O–H groups in total. The number of carbonyl (C=O) groups is 1. The van der Waals surface area contributed by atoms with Crippen molar-refractivity contribution in [3.8, 4) is 0 Å². The summed E-state index contributed by atoms with van der Waals surface area (Å²) in [7, 11) is 0. The first-order chi connectivity index (χ1) is 15.4. The van der Waals surface area contributed by atoms with Crippen molar-refractivity contribution >= 4 is 11.7 Å². The summed E-state index contributed by atoms with van der Waals surface area (Å²) >= 11 is 0. The fraction of sp³-hybridized carbons (Fsp3) is 0.542. The van der Waals surface area contributed by atoms with Gasteiger partial charge in [-0.3, -0.25) is 14.2 Å². The predicted octanol–water partition coefficient (Wildman–Crippen LogP) is 1.56. The van der Waals surface area contributed by atoms with E-state index in [4.69, 9.17) is 0 Å². The quantitative estimate of drug-likeness (QED) is 0.606. The average molecular weight is 440 g/mol. The number of anilines is 1. The molecule has 0 radical (unpaired) electrons. The maximum absolute atomic E-state index is 12.8. The molecule has 172 valence electrons. The molecule has 4 rings (SSSR count). The number of hydrogen-bond donors (Lipinski definition) is 3. The van der Waals surface area contributed by atoms with Crippen LogP contribution in [0.15, 0.2) is 47.5 Å². The Kier molecular flexibility index (Phi) is 6.91. The molecule has 0 bridgehead atoms. The molecule has 3 heterocycles. The average Bonchev–Trinajstić information content (AvgIpc) is 3.30. The standard InChI is InChI=1S/C24H33N5O3/c1-18(19-5-3-2-4-6-19)13-22(30)28-11-8-24(32,9-12-28)16-29-17-26-21(14-23(29)31)27-20-7-10-25-15-20/h2-6,14,17-18,20,25,27,32H,7-13,15-16H2,1H3/t18-,20-/m1/s1. The van der Waals surface area contributed by atoms with E-state index in [1.807, 2.05) is 35.2 Å². The largest absolute Gasteiger partial charge is 0.388 e. The Hall–Kier alpha value is -2.71. The Labute approximate surface area is 188 Å². The van der Waals surface area contributed by atoms with Crippen LogP contribution in [0.4, 0.5) is 5.82 Å². The van der Waals surface area contributed by atoms with E-state index in [9.17, 15) is 14.7 Å². The van der Waals surface area contributed by atoms with Crippen LogP contribution in [-0.2, 0) is 11.3 Å². The number of likely N-dealkylation sites (tertiary alicyclic amines) is 1. The van der Waals surface area contributed by atoms with Gasteiger partial charge in [0, 0.05) is 38.2 Å². The summed E-state index contributed by atoms with van der Waals surface area (Å²) in [6.07, 6.45) is 3.85. The highest BCUT2D eigenvalue weighted by Gasteiger charge is 2.35. The number of nitrogens with zero attached hydrogens (tertiary/aromatic N) is 3. The molecule has 2 fully saturated rings. The normalized spacial score (nSPS) is 21.3. The number of aliphatic hydroxyl groups is 1. The van der Waals surface area contributed by atoms with E-state index in [1.165, 1.54) is 17.0 Å². The third-order valence-corrected chi connectivity index (χ3v) is 6.65. The number of rotatable bonds is 7. The van der Waals surface area contributed by atoms with E-state index < -0.39 is 5.60 Å². The van der Waals surface area contributed by atoms with Crippen molar-refractivity contribution in [3.05, 3.63) is 58.6 Å². The van der Waals surface area contributed by atoms with E-state index in [2.05, 4.69) is 22.5 Å². The number of aromatic nitrogens is 2. The van der Waals surface area contributed by atoms with Crippen LogP contribution in [0.25, 0.3) is 0 Å². The minimum absolute atomic E-state index is 0.110. The van der Waals surface area contributed by atoms with E-state index in [0.29, 0.717) is 38.2 Å². The van der Waals surface area contributed by atoms with Crippen LogP contribution < -0.4 is 16.2 Å². The van der Waals surface area contributed by atoms with E-state index >= 15 is 0 Å². The lowest BCUT2D eigenvalue weighted by molar-refractivity contribution is -0.136. The van der Waals surface area contributed by atoms with Crippen molar-refractivity contribution in [2.75, 3.05) is 31.5 Å². The fourth-order valence-electron chi connectivity index (χ4n) is 4.55. The zero-order valence-corrected chi connectivity index (χ0v) is 18.7. The topological polar surface area (TPSA) is 99.5 Å². The molecule has 8 heteroatoms. The molecule has 0 aliphatic carbocycles. The van der Waals surface area contributed by atoms with Gasteiger partial charge in [0.1, 0.15) is 5.82 Å². The number of piperidine rings is 1. The third kappa shape index (κ3) is 5.55. The number of benzene rings is 1. The van der Waals surface area contributed by atoms with Crippen molar-refractivity contribution in [2.45, 2.75) is 56.7 Å². The van der Waals surface area contributed by atoms with Crippen LogP contribution >= 0.6 is 0 Å². The second-order valence-electron chi connectivity index (χ2n) is 9.20. The van der Waals surface area contributed by atoms with E-state index in [-0.39, 0.29) is 30.0 Å². The van der Waals surface area contributed by atoms with Crippen molar-refractivity contribution in [3.63, 3.8) is 0 Å². The van der Waals surface area contributed by atoms with Gasteiger partial charge in [0.25, 0.3) is 5.56 Å². The fourth-order valence-corrected chi connectivity index (χ4v) is 4.55. The van der Waals surface area contributed by atoms with Crippen LogP contribution in [0.1, 0.15) is 44.1 Å². The Morgan fingerprint density at radius 2 is 2.06 bits per heavy atom. The van der Waals surface area contributed by atoms with Crippen LogP contribution in [0, 0.1) is 0 Å². The molecule has 2 atom stereocenters. The van der Waals surface area contributed by atoms with Gasteiger partial charge in [-0.25, -0.2) is 4.98 Å². The van der Waals surface area contributed by atoms with Gasteiger partial charge in [-0.2, -0.15) is 0 Å². The molecule has 2 aromatic rings. The molecular formula is C24H33N5O3. The summed E-state index contributed by atoms with van der Waals surface area (Å²) in [5.41, 5.74) is -0.0436. The molecule has 1 amide bonds. The highest BCUT2D eigenvalue weighted by molar-refractivity contribution is 5.77. The van der Waals surface area contributed by atoms with E-state index in [1.54, 1.807) is 0 Å². The molecule has 8 nitrogen and oxygen atoms in total. The highest BCUT2D eigenvalue weighted by atomic mass is 16.3. The van der Waals surface area contributed by atoms with Crippen LogP contribution in [0.2, 0.25) is 0 Å². The maximum atomic E-state index is 12.8. The monoisotopic (exact) mass is 439 g/mol. The molecule has 2 saturated heterocycles. The van der Waals surface area contributed by atoms with Crippen molar-refractivity contribution in [1.29, 1.82) is 0 Å². The molecule has 2 aliphatic rings. The lowest BCUT2D eigenvalue weighted by Gasteiger charge is -2.38. The summed E-state index contributed by atoms with van der Waals surface area (Å²) in [5, 5.41) is 17.6. The van der Waals surface area contributed by atoms with Gasteiger partial charge in [-0.05, 0) is 37.3 Å². The Balaban J connectivity index is 1.30. The van der Waals surface area contributed by atoms with Gasteiger partial charge in [-0.1, -0.05) is 37.3 Å². The zero-order valence-electron chi connectivity index (χ0n) is 18.7. The molecule has 0 unspecified atom stereocenters. The van der Waals surface area contributed by atoms with Crippen LogP contribution in [-0.4, -0.2) is 63.3 Å². The highest BCUT2D eigenvalue weighted by Crippen LogP contribution is 2.26. The summed E-state index contributed by atoms with van der Waals surface area (Å²) < 4.78 is 1.47. The summed E-state index contributed by atoms with van der Waals surface area (Å²) in [6.45, 7) is 5.07. The molecule has 1 aromatic carbocycles. The van der Waals surface area contributed by atoms with Crippen LogP contribution in [0.5, 0.6) is 0 Å². The number of amides is 1. The maximum Gasteiger partial charge on any atom is 0.255 e. The van der Waals surface area contributed by atoms with Gasteiger partial charge >= 0.3 is 0 Å². The minimum atomic E-state index is -1.02. The van der Waals surface area contributed by atoms with Gasteiger partial charge in [0.2, 0.25) is 5.91 Å². The second-order valence-corrected chi connectivity index (χ2v) is 9.20. The van der Waals surface area contributed by atoms with Gasteiger partial charge in [0.05, 0.1) is 18.5 Å². The first kappa shape index (κ1) is 22.5. The molecule has 32 heavy (non-hydrogen) atoms. The SMILES string of the molecule is C[C@H](CC(=O)N1CCC(O)(Cn2cnc(N[C@@H]3CCNC3)cc2=O)CC1)c1ccccc1. The lowest BCUT2D eigenvalue weighted by atomic mass is 9.90. The summed E-state index contributed by atoms with van der Waals surface area (Å²) in [4.78, 5) is 31.5. The van der Waals surface area contributed by atoms with Gasteiger partial charge in [0.15, 0.2) is 0 Å².